The molecule has 2 aromatic rings. The topological polar surface area (TPSA) is 67.4 Å². The lowest BCUT2D eigenvalue weighted by Gasteiger charge is -2.23. The van der Waals surface area contributed by atoms with Crippen LogP contribution in [0, 0.1) is 6.92 Å². The number of thioether (sulfide) groups is 1. The van der Waals surface area contributed by atoms with Gasteiger partial charge >= 0.3 is 0 Å². The second kappa shape index (κ2) is 7.19. The quantitative estimate of drug-likeness (QED) is 0.817. The van der Waals surface area contributed by atoms with Crippen LogP contribution >= 0.6 is 11.8 Å². The predicted molar refractivity (Wildman–Crippen MR) is 100 cm³/mol. The Morgan fingerprint density at radius 2 is 1.96 bits per heavy atom. The van der Waals surface area contributed by atoms with E-state index < -0.39 is 6.10 Å². The summed E-state index contributed by atoms with van der Waals surface area (Å²) in [5.41, 5.74) is 2.38. The molecule has 130 valence electrons. The number of hydrogen-bond donors (Lipinski definition) is 2. The second-order valence-electron chi connectivity index (χ2n) is 6.02. The van der Waals surface area contributed by atoms with Gasteiger partial charge in [-0.3, -0.25) is 9.59 Å². The summed E-state index contributed by atoms with van der Waals surface area (Å²) >= 11 is 1.50. The van der Waals surface area contributed by atoms with Crippen molar-refractivity contribution in [3.63, 3.8) is 0 Å². The minimum atomic E-state index is -0.515. The van der Waals surface area contributed by atoms with E-state index in [0.29, 0.717) is 17.1 Å². The Hall–Kier alpha value is -2.47. The number of rotatable bonds is 4. The van der Waals surface area contributed by atoms with Gasteiger partial charge in [0.05, 0.1) is 10.9 Å². The first-order chi connectivity index (χ1) is 11.9. The Balaban J connectivity index is 1.65. The van der Waals surface area contributed by atoms with Crippen molar-refractivity contribution >= 4 is 35.0 Å². The van der Waals surface area contributed by atoms with Gasteiger partial charge in [0.2, 0.25) is 5.91 Å². The molecule has 0 saturated carbocycles. The maximum absolute atomic E-state index is 12.4. The molecule has 3 rings (SSSR count). The highest BCUT2D eigenvalue weighted by molar-refractivity contribution is 8.00. The normalized spacial score (nSPS) is 17.1. The Labute approximate surface area is 151 Å². The fourth-order valence-corrected chi connectivity index (χ4v) is 3.27. The molecule has 2 N–H and O–H groups in total. The monoisotopic (exact) mass is 356 g/mol. The molecule has 0 aromatic heterocycles. The van der Waals surface area contributed by atoms with E-state index in [9.17, 15) is 9.59 Å². The SMILES string of the molecule is Cc1ccc(S[C@@H](C)C(=O)Nc2ccc3c(c2)NC(=O)[C@@H](C)O3)cc1. The van der Waals surface area contributed by atoms with Crippen molar-refractivity contribution < 1.29 is 14.3 Å². The molecule has 0 spiro atoms. The van der Waals surface area contributed by atoms with Crippen molar-refractivity contribution in [1.82, 2.24) is 0 Å². The van der Waals surface area contributed by atoms with Crippen LogP contribution in [-0.4, -0.2) is 23.2 Å². The highest BCUT2D eigenvalue weighted by Crippen LogP contribution is 2.32. The van der Waals surface area contributed by atoms with Crippen molar-refractivity contribution in [2.75, 3.05) is 10.6 Å². The standard InChI is InChI=1S/C19H20N2O3S/c1-11-4-7-15(8-5-11)25-13(3)19(23)20-14-6-9-17-16(10-14)21-18(22)12(2)24-17/h4-10,12-13H,1-3H3,(H,20,23)(H,21,22)/t12-,13+/m1/s1. The lowest BCUT2D eigenvalue weighted by Crippen LogP contribution is -2.34. The van der Waals surface area contributed by atoms with E-state index in [1.165, 1.54) is 17.3 Å². The van der Waals surface area contributed by atoms with Crippen molar-refractivity contribution in [1.29, 1.82) is 0 Å². The van der Waals surface area contributed by atoms with Gasteiger partial charge in [-0.15, -0.1) is 11.8 Å². The zero-order valence-electron chi connectivity index (χ0n) is 14.3. The average molecular weight is 356 g/mol. The van der Waals surface area contributed by atoms with E-state index in [4.69, 9.17) is 4.74 Å². The van der Waals surface area contributed by atoms with E-state index in [2.05, 4.69) is 10.6 Å². The van der Waals surface area contributed by atoms with Gasteiger partial charge in [0.25, 0.3) is 5.91 Å². The predicted octanol–water partition coefficient (Wildman–Crippen LogP) is 3.83. The second-order valence-corrected chi connectivity index (χ2v) is 7.44. The molecule has 2 amide bonds. The van der Waals surface area contributed by atoms with Gasteiger partial charge in [-0.2, -0.15) is 0 Å². The molecule has 2 aromatic carbocycles. The van der Waals surface area contributed by atoms with Crippen LogP contribution in [0.5, 0.6) is 5.75 Å². The molecule has 1 heterocycles. The van der Waals surface area contributed by atoms with Crippen LogP contribution in [0.1, 0.15) is 19.4 Å². The maximum Gasteiger partial charge on any atom is 0.265 e. The number of hydrogen-bond acceptors (Lipinski definition) is 4. The Morgan fingerprint density at radius 1 is 1.24 bits per heavy atom. The summed E-state index contributed by atoms with van der Waals surface area (Å²) in [7, 11) is 0. The van der Waals surface area contributed by atoms with Crippen LogP contribution < -0.4 is 15.4 Å². The number of fused-ring (bicyclic) bond motifs is 1. The highest BCUT2D eigenvalue weighted by Gasteiger charge is 2.24. The van der Waals surface area contributed by atoms with E-state index >= 15 is 0 Å². The van der Waals surface area contributed by atoms with E-state index in [1.807, 2.05) is 38.1 Å². The Morgan fingerprint density at radius 3 is 2.68 bits per heavy atom. The molecule has 1 aliphatic heterocycles. The van der Waals surface area contributed by atoms with Crippen molar-refractivity contribution in [3.05, 3.63) is 48.0 Å². The van der Waals surface area contributed by atoms with Gasteiger partial charge in [-0.25, -0.2) is 0 Å². The molecule has 0 unspecified atom stereocenters. The molecule has 2 atom stereocenters. The summed E-state index contributed by atoms with van der Waals surface area (Å²) in [5.74, 6) is 0.313. The maximum atomic E-state index is 12.4. The molecule has 0 fully saturated rings. The molecule has 1 aliphatic rings. The van der Waals surface area contributed by atoms with Crippen LogP contribution in [-0.2, 0) is 9.59 Å². The number of aryl methyl sites for hydroxylation is 1. The number of nitrogens with one attached hydrogen (secondary N) is 2. The number of carbonyl (C=O) groups excluding carboxylic acids is 2. The molecule has 25 heavy (non-hydrogen) atoms. The summed E-state index contributed by atoms with van der Waals surface area (Å²) in [6, 6.07) is 13.3. The number of carbonyl (C=O) groups is 2. The van der Waals surface area contributed by atoms with Gasteiger partial charge in [0, 0.05) is 10.6 Å². The minimum absolute atomic E-state index is 0.0954. The smallest absolute Gasteiger partial charge is 0.265 e. The van der Waals surface area contributed by atoms with E-state index in [-0.39, 0.29) is 17.1 Å². The molecule has 5 nitrogen and oxygen atoms in total. The highest BCUT2D eigenvalue weighted by atomic mass is 32.2. The fraction of sp³-hybridized carbons (Fsp3) is 0.263. The van der Waals surface area contributed by atoms with Crippen LogP contribution in [0.15, 0.2) is 47.4 Å². The lowest BCUT2D eigenvalue weighted by molar-refractivity contribution is -0.122. The molecule has 0 aliphatic carbocycles. The molecule has 0 bridgehead atoms. The van der Waals surface area contributed by atoms with Crippen molar-refractivity contribution in [3.8, 4) is 5.75 Å². The van der Waals surface area contributed by atoms with Gasteiger partial charge < -0.3 is 15.4 Å². The largest absolute Gasteiger partial charge is 0.479 e. The Kier molecular flexibility index (Phi) is 4.99. The van der Waals surface area contributed by atoms with Gasteiger partial charge in [-0.05, 0) is 51.1 Å². The van der Waals surface area contributed by atoms with Crippen LogP contribution in [0.4, 0.5) is 11.4 Å². The van der Waals surface area contributed by atoms with Crippen LogP contribution in [0.25, 0.3) is 0 Å². The Bertz CT molecular complexity index is 805. The zero-order valence-corrected chi connectivity index (χ0v) is 15.1. The third-order valence-electron chi connectivity index (χ3n) is 3.88. The fourth-order valence-electron chi connectivity index (χ4n) is 2.40. The van der Waals surface area contributed by atoms with Gasteiger partial charge in [-0.1, -0.05) is 17.7 Å². The number of anilines is 2. The molecule has 0 saturated heterocycles. The number of ether oxygens (including phenoxy) is 1. The van der Waals surface area contributed by atoms with Gasteiger partial charge in [0.1, 0.15) is 5.75 Å². The minimum Gasteiger partial charge on any atom is -0.479 e. The molecule has 6 heteroatoms. The van der Waals surface area contributed by atoms with Gasteiger partial charge in [0.15, 0.2) is 6.10 Å². The first-order valence-electron chi connectivity index (χ1n) is 8.08. The molecule has 0 radical (unpaired) electrons. The first kappa shape index (κ1) is 17.4. The summed E-state index contributed by atoms with van der Waals surface area (Å²) in [6.07, 6.45) is -0.515. The third-order valence-corrected chi connectivity index (χ3v) is 4.99. The summed E-state index contributed by atoms with van der Waals surface area (Å²) < 4.78 is 5.51. The number of amides is 2. The molecular formula is C19H20N2O3S. The van der Waals surface area contributed by atoms with Crippen LogP contribution in [0.3, 0.4) is 0 Å². The van der Waals surface area contributed by atoms with Crippen molar-refractivity contribution in [2.24, 2.45) is 0 Å². The van der Waals surface area contributed by atoms with E-state index in [0.717, 1.165) is 4.90 Å². The number of benzene rings is 2. The lowest BCUT2D eigenvalue weighted by atomic mass is 10.2. The van der Waals surface area contributed by atoms with E-state index in [1.54, 1.807) is 25.1 Å². The third kappa shape index (κ3) is 4.14. The summed E-state index contributed by atoms with van der Waals surface area (Å²) in [5, 5.41) is 5.41. The zero-order chi connectivity index (χ0) is 18.0. The molecular weight excluding hydrogens is 336 g/mol. The summed E-state index contributed by atoms with van der Waals surface area (Å²) in [4.78, 5) is 25.2. The summed E-state index contributed by atoms with van der Waals surface area (Å²) in [6.45, 7) is 5.59. The van der Waals surface area contributed by atoms with Crippen molar-refractivity contribution in [2.45, 2.75) is 37.0 Å². The van der Waals surface area contributed by atoms with Crippen LogP contribution in [0.2, 0.25) is 0 Å². The first-order valence-corrected chi connectivity index (χ1v) is 8.96. The average Bonchev–Trinajstić information content (AvgIpc) is 2.58.